The van der Waals surface area contributed by atoms with Gasteiger partial charge in [0.1, 0.15) is 0 Å². The van der Waals surface area contributed by atoms with Gasteiger partial charge >= 0.3 is 0 Å². The highest BCUT2D eigenvalue weighted by Crippen LogP contribution is 2.21. The van der Waals surface area contributed by atoms with Gasteiger partial charge in [0, 0.05) is 31.1 Å². The first-order chi connectivity index (χ1) is 11.2. The second-order valence-electron chi connectivity index (χ2n) is 6.01. The van der Waals surface area contributed by atoms with E-state index in [-0.39, 0.29) is 17.9 Å². The van der Waals surface area contributed by atoms with E-state index in [4.69, 9.17) is 0 Å². The van der Waals surface area contributed by atoms with Crippen LogP contribution in [0.25, 0.3) is 10.8 Å². The molecule has 1 aliphatic rings. The molecule has 0 aromatic heterocycles. The zero-order valence-electron chi connectivity index (χ0n) is 13.4. The molecule has 1 aliphatic heterocycles. The molecule has 0 saturated carbocycles. The van der Waals surface area contributed by atoms with Crippen molar-refractivity contribution in [2.45, 2.75) is 32.2 Å². The molecule has 0 aliphatic carbocycles. The third-order valence-corrected chi connectivity index (χ3v) is 4.49. The number of piperidine rings is 1. The maximum atomic E-state index is 12.8. The Balaban J connectivity index is 1.71. The number of likely N-dealkylation sites (tertiary alicyclic amines) is 1. The van der Waals surface area contributed by atoms with E-state index in [1.165, 1.54) is 0 Å². The minimum Gasteiger partial charge on any atom is -0.353 e. The summed E-state index contributed by atoms with van der Waals surface area (Å²) in [5.41, 5.74) is 0.763. The molecule has 1 heterocycles. The molecule has 1 fully saturated rings. The third-order valence-electron chi connectivity index (χ3n) is 4.49. The quantitative estimate of drug-likeness (QED) is 0.947. The molecule has 0 unspecified atom stereocenters. The van der Waals surface area contributed by atoms with Crippen molar-refractivity contribution in [1.29, 1.82) is 0 Å². The second kappa shape index (κ2) is 6.82. The van der Waals surface area contributed by atoms with Crippen LogP contribution in [-0.2, 0) is 4.79 Å². The lowest BCUT2D eigenvalue weighted by molar-refractivity contribution is -0.121. The average Bonchev–Trinajstić information content (AvgIpc) is 2.61. The molecule has 120 valence electrons. The summed E-state index contributed by atoms with van der Waals surface area (Å²) < 4.78 is 0. The van der Waals surface area contributed by atoms with Gasteiger partial charge in [0.2, 0.25) is 5.91 Å². The molecule has 0 bridgehead atoms. The van der Waals surface area contributed by atoms with Gasteiger partial charge in [-0.3, -0.25) is 9.59 Å². The normalized spacial score (nSPS) is 15.6. The first-order valence-electron chi connectivity index (χ1n) is 8.25. The summed E-state index contributed by atoms with van der Waals surface area (Å²) in [6.45, 7) is 3.24. The Labute approximate surface area is 136 Å². The summed E-state index contributed by atoms with van der Waals surface area (Å²) in [6, 6.07) is 14.0. The number of amides is 2. The molecule has 0 atom stereocenters. The van der Waals surface area contributed by atoms with Crippen LogP contribution < -0.4 is 5.32 Å². The van der Waals surface area contributed by atoms with Gasteiger partial charge in [0.05, 0.1) is 0 Å². The van der Waals surface area contributed by atoms with Crippen LogP contribution in [0.1, 0.15) is 36.5 Å². The summed E-state index contributed by atoms with van der Waals surface area (Å²) in [4.78, 5) is 26.2. The second-order valence-corrected chi connectivity index (χ2v) is 6.01. The maximum Gasteiger partial charge on any atom is 0.254 e. The summed E-state index contributed by atoms with van der Waals surface area (Å²) in [7, 11) is 0. The summed E-state index contributed by atoms with van der Waals surface area (Å²) >= 11 is 0. The van der Waals surface area contributed by atoms with E-state index in [1.807, 2.05) is 54.3 Å². The summed E-state index contributed by atoms with van der Waals surface area (Å²) in [6.07, 6.45) is 2.15. The van der Waals surface area contributed by atoms with Gasteiger partial charge in [-0.05, 0) is 29.7 Å². The standard InChI is InChI=1S/C19H22N2O2/c1-2-18(22)20-15-10-12-21(13-11-15)19(23)17-9-5-7-14-6-3-4-8-16(14)17/h3-9,15H,2,10-13H2,1H3,(H,20,22). The van der Waals surface area contributed by atoms with Crippen LogP contribution in [0.15, 0.2) is 42.5 Å². The van der Waals surface area contributed by atoms with E-state index in [1.54, 1.807) is 0 Å². The molecule has 4 nitrogen and oxygen atoms in total. The zero-order chi connectivity index (χ0) is 16.2. The third kappa shape index (κ3) is 3.36. The number of rotatable bonds is 3. The predicted molar refractivity (Wildman–Crippen MR) is 91.3 cm³/mol. The largest absolute Gasteiger partial charge is 0.353 e. The van der Waals surface area contributed by atoms with Gasteiger partial charge in [0.25, 0.3) is 5.91 Å². The first kappa shape index (κ1) is 15.5. The molecule has 0 radical (unpaired) electrons. The SMILES string of the molecule is CCC(=O)NC1CCN(C(=O)c2cccc3ccccc23)CC1. The Kier molecular flexibility index (Phi) is 4.60. The molecular weight excluding hydrogens is 288 g/mol. The number of nitrogens with one attached hydrogen (secondary N) is 1. The van der Waals surface area contributed by atoms with Crippen LogP contribution >= 0.6 is 0 Å². The Morgan fingerprint density at radius 1 is 1.09 bits per heavy atom. The predicted octanol–water partition coefficient (Wildman–Crippen LogP) is 2.97. The number of hydrogen-bond acceptors (Lipinski definition) is 2. The van der Waals surface area contributed by atoms with Crippen LogP contribution in [0.5, 0.6) is 0 Å². The van der Waals surface area contributed by atoms with Gasteiger partial charge in [-0.15, -0.1) is 0 Å². The minimum atomic E-state index is 0.0852. The molecule has 2 aromatic rings. The van der Waals surface area contributed by atoms with Crippen molar-refractivity contribution in [2.24, 2.45) is 0 Å². The monoisotopic (exact) mass is 310 g/mol. The number of carbonyl (C=O) groups excluding carboxylic acids is 2. The number of fused-ring (bicyclic) bond motifs is 1. The van der Waals surface area contributed by atoms with E-state index in [0.29, 0.717) is 19.5 Å². The highest BCUT2D eigenvalue weighted by molar-refractivity contribution is 6.07. The van der Waals surface area contributed by atoms with E-state index in [0.717, 1.165) is 29.2 Å². The van der Waals surface area contributed by atoms with Crippen molar-refractivity contribution in [3.05, 3.63) is 48.0 Å². The van der Waals surface area contributed by atoms with Crippen molar-refractivity contribution in [3.63, 3.8) is 0 Å². The fourth-order valence-corrected chi connectivity index (χ4v) is 3.14. The van der Waals surface area contributed by atoms with E-state index >= 15 is 0 Å². The Morgan fingerprint density at radius 2 is 1.78 bits per heavy atom. The van der Waals surface area contributed by atoms with Crippen LogP contribution in [0, 0.1) is 0 Å². The van der Waals surface area contributed by atoms with Gasteiger partial charge in [-0.25, -0.2) is 0 Å². The average molecular weight is 310 g/mol. The fraction of sp³-hybridized carbons (Fsp3) is 0.368. The highest BCUT2D eigenvalue weighted by atomic mass is 16.2. The van der Waals surface area contributed by atoms with Crippen LogP contribution in [0.3, 0.4) is 0 Å². The van der Waals surface area contributed by atoms with E-state index in [2.05, 4.69) is 5.32 Å². The molecular formula is C19H22N2O2. The zero-order valence-corrected chi connectivity index (χ0v) is 13.4. The number of nitrogens with zero attached hydrogens (tertiary/aromatic N) is 1. The van der Waals surface area contributed by atoms with Crippen molar-refractivity contribution in [1.82, 2.24) is 10.2 Å². The smallest absolute Gasteiger partial charge is 0.254 e. The van der Waals surface area contributed by atoms with Crippen LogP contribution in [0.2, 0.25) is 0 Å². The van der Waals surface area contributed by atoms with Gasteiger partial charge in [-0.2, -0.15) is 0 Å². The van der Waals surface area contributed by atoms with E-state index in [9.17, 15) is 9.59 Å². The molecule has 3 rings (SSSR count). The Bertz CT molecular complexity index is 713. The molecule has 23 heavy (non-hydrogen) atoms. The van der Waals surface area contributed by atoms with Crippen molar-refractivity contribution in [3.8, 4) is 0 Å². The minimum absolute atomic E-state index is 0.0852. The Morgan fingerprint density at radius 3 is 2.52 bits per heavy atom. The van der Waals surface area contributed by atoms with Gasteiger partial charge in [0.15, 0.2) is 0 Å². The lowest BCUT2D eigenvalue weighted by Gasteiger charge is -2.32. The van der Waals surface area contributed by atoms with Crippen LogP contribution in [0.4, 0.5) is 0 Å². The Hall–Kier alpha value is -2.36. The van der Waals surface area contributed by atoms with Crippen LogP contribution in [-0.4, -0.2) is 35.8 Å². The molecule has 2 aromatic carbocycles. The first-order valence-corrected chi connectivity index (χ1v) is 8.25. The molecule has 1 saturated heterocycles. The van der Waals surface area contributed by atoms with Crippen molar-refractivity contribution < 1.29 is 9.59 Å². The summed E-state index contributed by atoms with van der Waals surface area (Å²) in [5, 5.41) is 5.11. The van der Waals surface area contributed by atoms with Gasteiger partial charge < -0.3 is 10.2 Å². The van der Waals surface area contributed by atoms with Crippen molar-refractivity contribution in [2.75, 3.05) is 13.1 Å². The molecule has 0 spiro atoms. The number of hydrogen-bond donors (Lipinski definition) is 1. The fourth-order valence-electron chi connectivity index (χ4n) is 3.14. The number of carbonyl (C=O) groups is 2. The molecule has 4 heteroatoms. The van der Waals surface area contributed by atoms with E-state index < -0.39 is 0 Å². The lowest BCUT2D eigenvalue weighted by Crippen LogP contribution is -2.46. The van der Waals surface area contributed by atoms with Crippen molar-refractivity contribution >= 4 is 22.6 Å². The topological polar surface area (TPSA) is 49.4 Å². The maximum absolute atomic E-state index is 12.8. The molecule has 2 amide bonds. The number of benzene rings is 2. The molecule has 1 N–H and O–H groups in total. The lowest BCUT2D eigenvalue weighted by atomic mass is 10.0. The highest BCUT2D eigenvalue weighted by Gasteiger charge is 2.25. The van der Waals surface area contributed by atoms with Gasteiger partial charge in [-0.1, -0.05) is 43.3 Å². The summed E-state index contributed by atoms with van der Waals surface area (Å²) in [5.74, 6) is 0.172.